The molecule has 4 fully saturated rings. The van der Waals surface area contributed by atoms with E-state index in [1.165, 1.54) is 64.2 Å². The van der Waals surface area contributed by atoms with Crippen LogP contribution in [0.2, 0.25) is 0 Å². The second-order valence-corrected chi connectivity index (χ2v) is 14.2. The summed E-state index contributed by atoms with van der Waals surface area (Å²) in [6, 6.07) is 3.09. The molecule has 2 aliphatic carbocycles. The third kappa shape index (κ3) is 5.44. The van der Waals surface area contributed by atoms with Gasteiger partial charge in [-0.1, -0.05) is 81.1 Å². The molecule has 2 saturated heterocycles. The Bertz CT molecular complexity index is 575. The maximum Gasteiger partial charge on any atom is 0.0103 e. The molecule has 0 aromatic heterocycles. The van der Waals surface area contributed by atoms with Gasteiger partial charge < -0.3 is 10.6 Å². The molecule has 34 heavy (non-hydrogen) atoms. The molecule has 2 heteroatoms. The topological polar surface area (TPSA) is 24.1 Å². The van der Waals surface area contributed by atoms with Gasteiger partial charge >= 0.3 is 0 Å². The summed E-state index contributed by atoms with van der Waals surface area (Å²) in [7, 11) is 0. The van der Waals surface area contributed by atoms with Crippen LogP contribution in [0.15, 0.2) is 0 Å². The van der Waals surface area contributed by atoms with Crippen LogP contribution < -0.4 is 10.6 Å². The van der Waals surface area contributed by atoms with E-state index in [0.29, 0.717) is 0 Å². The fourth-order valence-corrected chi connectivity index (χ4v) is 9.43. The van der Waals surface area contributed by atoms with E-state index < -0.39 is 0 Å². The van der Waals surface area contributed by atoms with Gasteiger partial charge in [-0.3, -0.25) is 0 Å². The molecule has 0 bridgehead atoms. The first-order chi connectivity index (χ1) is 16.2. The van der Waals surface area contributed by atoms with Crippen LogP contribution in [0.25, 0.3) is 0 Å². The van der Waals surface area contributed by atoms with Crippen molar-refractivity contribution in [2.45, 2.75) is 144 Å². The number of nitrogens with one attached hydrogen (secondary N) is 2. The first-order valence-corrected chi connectivity index (χ1v) is 15.7. The molecule has 14 atom stereocenters. The van der Waals surface area contributed by atoms with Crippen LogP contribution >= 0.6 is 0 Å². The number of rotatable bonds is 7. The molecule has 0 aromatic rings. The molecule has 198 valence electrons. The van der Waals surface area contributed by atoms with Crippen molar-refractivity contribution in [3.05, 3.63) is 0 Å². The van der Waals surface area contributed by atoms with E-state index in [-0.39, 0.29) is 0 Å². The Morgan fingerprint density at radius 3 is 1.21 bits per heavy atom. The largest absolute Gasteiger partial charge is 0.311 e. The van der Waals surface area contributed by atoms with Gasteiger partial charge in [0.15, 0.2) is 0 Å². The number of unbranched alkanes of at least 4 members (excludes halogenated alkanes) is 3. The van der Waals surface area contributed by atoms with Crippen LogP contribution in [0, 0.1) is 59.2 Å². The van der Waals surface area contributed by atoms with Crippen molar-refractivity contribution in [1.82, 2.24) is 10.6 Å². The van der Waals surface area contributed by atoms with E-state index in [1.54, 1.807) is 0 Å². The number of hydrogen-bond acceptors (Lipinski definition) is 2. The lowest BCUT2D eigenvalue weighted by molar-refractivity contribution is 0.00643. The molecule has 4 rings (SSSR count). The van der Waals surface area contributed by atoms with Crippen LogP contribution in [-0.4, -0.2) is 24.2 Å². The second kappa shape index (κ2) is 11.5. The second-order valence-electron chi connectivity index (χ2n) is 14.2. The Hall–Kier alpha value is -0.0800. The van der Waals surface area contributed by atoms with Crippen molar-refractivity contribution in [1.29, 1.82) is 0 Å². The van der Waals surface area contributed by atoms with Crippen LogP contribution in [0.3, 0.4) is 0 Å². The molecule has 2 aliphatic heterocycles. The standard InChI is InChI=1S/C32H60N2/c1-19-15-17-29-31(21(19)3)25(7)23(5)27(33-29)13-11-9-10-12-14-28-24(6)26(8)32-22(4)20(2)16-18-30(32)34-28/h19-34H,9-18H2,1-8H3. The van der Waals surface area contributed by atoms with Gasteiger partial charge in [0, 0.05) is 24.2 Å². The lowest BCUT2D eigenvalue weighted by atomic mass is 9.60. The average molecular weight is 473 g/mol. The molecule has 2 heterocycles. The minimum absolute atomic E-state index is 0.755. The number of fused-ring (bicyclic) bond motifs is 2. The summed E-state index contributed by atoms with van der Waals surface area (Å²) < 4.78 is 0. The van der Waals surface area contributed by atoms with E-state index in [9.17, 15) is 0 Å². The highest BCUT2D eigenvalue weighted by Gasteiger charge is 2.46. The lowest BCUT2D eigenvalue weighted by Gasteiger charge is -2.52. The fraction of sp³-hybridized carbons (Fsp3) is 1.00. The van der Waals surface area contributed by atoms with Gasteiger partial charge in [-0.2, -0.15) is 0 Å². The van der Waals surface area contributed by atoms with Gasteiger partial charge in [0.05, 0.1) is 0 Å². The molecule has 4 aliphatic rings. The Morgan fingerprint density at radius 2 is 0.824 bits per heavy atom. The zero-order valence-corrected chi connectivity index (χ0v) is 24.2. The average Bonchev–Trinajstić information content (AvgIpc) is 2.81. The summed E-state index contributed by atoms with van der Waals surface area (Å²) in [6.45, 7) is 20.3. The summed E-state index contributed by atoms with van der Waals surface area (Å²) in [5.41, 5.74) is 0. The molecule has 2 nitrogen and oxygen atoms in total. The smallest absolute Gasteiger partial charge is 0.0103 e. The van der Waals surface area contributed by atoms with Crippen LogP contribution in [0.4, 0.5) is 0 Å². The highest BCUT2D eigenvalue weighted by atomic mass is 15.0. The lowest BCUT2D eigenvalue weighted by Crippen LogP contribution is -2.59. The Morgan fingerprint density at radius 1 is 0.441 bits per heavy atom. The predicted molar refractivity (Wildman–Crippen MR) is 148 cm³/mol. The van der Waals surface area contributed by atoms with E-state index >= 15 is 0 Å². The van der Waals surface area contributed by atoms with Crippen molar-refractivity contribution < 1.29 is 0 Å². The zero-order valence-electron chi connectivity index (χ0n) is 24.2. The summed E-state index contributed by atoms with van der Waals surface area (Å²) in [4.78, 5) is 0. The zero-order chi connectivity index (χ0) is 24.6. The molecule has 0 spiro atoms. The summed E-state index contributed by atoms with van der Waals surface area (Å²) in [5, 5.41) is 8.33. The SMILES string of the molecule is CC1CCC2NC(CCCCCCC3NC4CCC(C)C(C)C4C(C)C3C)C(C)C(C)C2C1C. The van der Waals surface area contributed by atoms with Crippen molar-refractivity contribution >= 4 is 0 Å². The van der Waals surface area contributed by atoms with Gasteiger partial charge in [-0.25, -0.2) is 0 Å². The molecule has 2 N–H and O–H groups in total. The molecule has 0 aromatic carbocycles. The Labute approximate surface area is 213 Å². The number of hydrogen-bond donors (Lipinski definition) is 2. The van der Waals surface area contributed by atoms with Crippen molar-refractivity contribution in [2.75, 3.05) is 0 Å². The van der Waals surface area contributed by atoms with Crippen LogP contribution in [-0.2, 0) is 0 Å². The minimum atomic E-state index is 0.755. The van der Waals surface area contributed by atoms with E-state index in [1.807, 2.05) is 0 Å². The molecular formula is C32H60N2. The highest BCUT2D eigenvalue weighted by molar-refractivity contribution is 5.00. The first-order valence-electron chi connectivity index (χ1n) is 15.7. The molecule has 0 radical (unpaired) electrons. The van der Waals surface area contributed by atoms with Crippen molar-refractivity contribution in [3.63, 3.8) is 0 Å². The van der Waals surface area contributed by atoms with Gasteiger partial charge in [-0.15, -0.1) is 0 Å². The summed E-state index contributed by atoms with van der Waals surface area (Å²) in [6.07, 6.45) is 14.2. The summed E-state index contributed by atoms with van der Waals surface area (Å²) >= 11 is 0. The first kappa shape index (κ1) is 27.0. The van der Waals surface area contributed by atoms with Gasteiger partial charge in [0.1, 0.15) is 0 Å². The molecule has 0 amide bonds. The van der Waals surface area contributed by atoms with Gasteiger partial charge in [0.2, 0.25) is 0 Å². The molecular weight excluding hydrogens is 412 g/mol. The normalized spacial score (nSPS) is 51.5. The van der Waals surface area contributed by atoms with Crippen molar-refractivity contribution in [3.8, 4) is 0 Å². The Kier molecular flexibility index (Phi) is 9.15. The van der Waals surface area contributed by atoms with Crippen LogP contribution in [0.1, 0.15) is 120 Å². The van der Waals surface area contributed by atoms with E-state index in [2.05, 4.69) is 66.0 Å². The third-order valence-electron chi connectivity index (χ3n) is 12.6. The number of piperidine rings is 2. The third-order valence-corrected chi connectivity index (χ3v) is 12.6. The van der Waals surface area contributed by atoms with Gasteiger partial charge in [0.25, 0.3) is 0 Å². The minimum Gasteiger partial charge on any atom is -0.311 e. The monoisotopic (exact) mass is 472 g/mol. The van der Waals surface area contributed by atoms with E-state index in [0.717, 1.165) is 83.3 Å². The fourth-order valence-electron chi connectivity index (χ4n) is 9.43. The maximum absolute atomic E-state index is 4.16. The molecule has 2 saturated carbocycles. The molecule has 14 unspecified atom stereocenters. The van der Waals surface area contributed by atoms with E-state index in [4.69, 9.17) is 0 Å². The Balaban J connectivity index is 1.17. The van der Waals surface area contributed by atoms with Crippen LogP contribution in [0.5, 0.6) is 0 Å². The summed E-state index contributed by atoms with van der Waals surface area (Å²) in [5.74, 6) is 8.82. The highest BCUT2D eigenvalue weighted by Crippen LogP contribution is 2.46. The van der Waals surface area contributed by atoms with Gasteiger partial charge in [-0.05, 0) is 97.7 Å². The maximum atomic E-state index is 4.16. The quantitative estimate of drug-likeness (QED) is 0.368. The predicted octanol–water partition coefficient (Wildman–Crippen LogP) is 7.92. The van der Waals surface area contributed by atoms with Crippen molar-refractivity contribution in [2.24, 2.45) is 59.2 Å².